The number of morpholine rings is 1. The Kier molecular flexibility index (Phi) is 5.78. The summed E-state index contributed by atoms with van der Waals surface area (Å²) in [6, 6.07) is 7.46. The smallest absolute Gasteiger partial charge is 0.317 e. The molecular weight excluding hydrogens is 322 g/mol. The first-order valence-electron chi connectivity index (χ1n) is 8.53. The standard InChI is InChI=1S/C18H25N3O4/c1-14-5-6-17(25-14)16(21-7-10-23-11-8-21)12-19-18(22)20(2)13-15-4-3-9-24-15/h3-6,9,16H,7-8,10-13H2,1-2H3,(H,19,22)/t16-/m0/s1. The number of furan rings is 2. The molecule has 2 aromatic heterocycles. The molecule has 1 fully saturated rings. The predicted molar refractivity (Wildman–Crippen MR) is 92.2 cm³/mol. The summed E-state index contributed by atoms with van der Waals surface area (Å²) in [7, 11) is 1.75. The Morgan fingerprint density at radius 1 is 1.32 bits per heavy atom. The molecular formula is C18H25N3O4. The van der Waals surface area contributed by atoms with Gasteiger partial charge in [-0.25, -0.2) is 4.79 Å². The zero-order valence-corrected chi connectivity index (χ0v) is 14.7. The van der Waals surface area contributed by atoms with Gasteiger partial charge in [-0.1, -0.05) is 0 Å². The molecule has 7 nitrogen and oxygen atoms in total. The lowest BCUT2D eigenvalue weighted by Crippen LogP contribution is -2.45. The third-order valence-corrected chi connectivity index (χ3v) is 4.34. The van der Waals surface area contributed by atoms with E-state index >= 15 is 0 Å². The van der Waals surface area contributed by atoms with Crippen molar-refractivity contribution < 1.29 is 18.4 Å². The third kappa shape index (κ3) is 4.64. The Morgan fingerprint density at radius 2 is 2.12 bits per heavy atom. The van der Waals surface area contributed by atoms with E-state index < -0.39 is 0 Å². The van der Waals surface area contributed by atoms with Crippen LogP contribution in [0.1, 0.15) is 23.3 Å². The number of nitrogens with one attached hydrogen (secondary N) is 1. The van der Waals surface area contributed by atoms with Crippen LogP contribution in [0.3, 0.4) is 0 Å². The molecule has 2 amide bonds. The van der Waals surface area contributed by atoms with Gasteiger partial charge in [0.2, 0.25) is 0 Å². The highest BCUT2D eigenvalue weighted by Crippen LogP contribution is 2.23. The van der Waals surface area contributed by atoms with Gasteiger partial charge < -0.3 is 23.8 Å². The number of rotatable bonds is 6. The Labute approximate surface area is 147 Å². The van der Waals surface area contributed by atoms with Crippen LogP contribution in [0.15, 0.2) is 39.4 Å². The lowest BCUT2D eigenvalue weighted by atomic mass is 10.1. The zero-order valence-electron chi connectivity index (χ0n) is 14.7. The largest absolute Gasteiger partial charge is 0.467 e. The number of carbonyl (C=O) groups excluding carboxylic acids is 1. The van der Waals surface area contributed by atoms with Gasteiger partial charge in [0.25, 0.3) is 0 Å². The van der Waals surface area contributed by atoms with Crippen molar-refractivity contribution in [3.63, 3.8) is 0 Å². The molecule has 2 aromatic rings. The summed E-state index contributed by atoms with van der Waals surface area (Å²) >= 11 is 0. The maximum atomic E-state index is 12.4. The Balaban J connectivity index is 1.60. The molecule has 7 heteroatoms. The van der Waals surface area contributed by atoms with Crippen LogP contribution in [-0.2, 0) is 11.3 Å². The number of nitrogens with zero attached hydrogens (tertiary/aromatic N) is 2. The van der Waals surface area contributed by atoms with Gasteiger partial charge in [-0.15, -0.1) is 0 Å². The first-order valence-corrected chi connectivity index (χ1v) is 8.53. The van der Waals surface area contributed by atoms with E-state index in [4.69, 9.17) is 13.6 Å². The highest BCUT2D eigenvalue weighted by Gasteiger charge is 2.26. The lowest BCUT2D eigenvalue weighted by Gasteiger charge is -2.33. The van der Waals surface area contributed by atoms with Crippen LogP contribution in [0.25, 0.3) is 0 Å². The van der Waals surface area contributed by atoms with Gasteiger partial charge in [-0.3, -0.25) is 4.90 Å². The van der Waals surface area contributed by atoms with Crippen LogP contribution in [-0.4, -0.2) is 55.7 Å². The second kappa shape index (κ2) is 8.22. The first kappa shape index (κ1) is 17.6. The van der Waals surface area contributed by atoms with Gasteiger partial charge in [0.15, 0.2) is 0 Å². The van der Waals surface area contributed by atoms with Crippen molar-refractivity contribution in [1.82, 2.24) is 15.1 Å². The number of hydrogen-bond donors (Lipinski definition) is 1. The predicted octanol–water partition coefficient (Wildman–Crippen LogP) is 2.40. The van der Waals surface area contributed by atoms with Crippen molar-refractivity contribution in [2.75, 3.05) is 39.9 Å². The number of carbonyl (C=O) groups is 1. The monoisotopic (exact) mass is 347 g/mol. The molecule has 1 aliphatic rings. The lowest BCUT2D eigenvalue weighted by molar-refractivity contribution is 0.0119. The van der Waals surface area contributed by atoms with E-state index in [0.29, 0.717) is 26.3 Å². The Bertz CT molecular complexity index is 662. The van der Waals surface area contributed by atoms with E-state index in [1.165, 1.54) is 0 Å². The van der Waals surface area contributed by atoms with Gasteiger partial charge in [-0.2, -0.15) is 0 Å². The van der Waals surface area contributed by atoms with E-state index in [9.17, 15) is 4.79 Å². The van der Waals surface area contributed by atoms with Crippen molar-refractivity contribution in [1.29, 1.82) is 0 Å². The zero-order chi connectivity index (χ0) is 17.6. The summed E-state index contributed by atoms with van der Waals surface area (Å²) in [6.07, 6.45) is 1.61. The van der Waals surface area contributed by atoms with Crippen molar-refractivity contribution >= 4 is 6.03 Å². The van der Waals surface area contributed by atoms with Gasteiger partial charge in [-0.05, 0) is 31.2 Å². The number of ether oxygens (including phenoxy) is 1. The molecule has 0 aliphatic carbocycles. The van der Waals surface area contributed by atoms with Gasteiger partial charge in [0, 0.05) is 26.7 Å². The van der Waals surface area contributed by atoms with E-state index in [1.807, 2.05) is 31.2 Å². The number of hydrogen-bond acceptors (Lipinski definition) is 5. The van der Waals surface area contributed by atoms with E-state index in [2.05, 4.69) is 10.2 Å². The molecule has 1 saturated heterocycles. The summed E-state index contributed by atoms with van der Waals surface area (Å²) in [5, 5.41) is 3.00. The quantitative estimate of drug-likeness (QED) is 0.869. The molecule has 3 rings (SSSR count). The molecule has 136 valence electrons. The number of amides is 2. The molecule has 0 saturated carbocycles. The molecule has 25 heavy (non-hydrogen) atoms. The summed E-state index contributed by atoms with van der Waals surface area (Å²) in [6.45, 7) is 5.88. The molecule has 1 atom stereocenters. The second-order valence-electron chi connectivity index (χ2n) is 6.23. The minimum absolute atomic E-state index is 0.00133. The van der Waals surface area contributed by atoms with Gasteiger partial charge in [0.05, 0.1) is 32.1 Å². The highest BCUT2D eigenvalue weighted by atomic mass is 16.5. The van der Waals surface area contributed by atoms with E-state index in [-0.39, 0.29) is 12.1 Å². The van der Waals surface area contributed by atoms with Crippen LogP contribution in [0, 0.1) is 6.92 Å². The fraction of sp³-hybridized carbons (Fsp3) is 0.500. The molecule has 1 N–H and O–H groups in total. The Morgan fingerprint density at radius 3 is 2.76 bits per heavy atom. The second-order valence-corrected chi connectivity index (χ2v) is 6.23. The maximum absolute atomic E-state index is 12.4. The first-order chi connectivity index (χ1) is 12.1. The summed E-state index contributed by atoms with van der Waals surface area (Å²) in [4.78, 5) is 16.3. The molecule has 1 aliphatic heterocycles. The summed E-state index contributed by atoms with van der Waals surface area (Å²) in [5.41, 5.74) is 0. The Hall–Kier alpha value is -2.25. The molecule has 0 radical (unpaired) electrons. The summed E-state index contributed by atoms with van der Waals surface area (Å²) < 4.78 is 16.5. The van der Waals surface area contributed by atoms with Crippen LogP contribution in [0.2, 0.25) is 0 Å². The molecule has 0 unspecified atom stereocenters. The average Bonchev–Trinajstić information content (AvgIpc) is 3.28. The normalized spacial score (nSPS) is 16.6. The molecule has 3 heterocycles. The summed E-state index contributed by atoms with van der Waals surface area (Å²) in [5.74, 6) is 2.49. The van der Waals surface area contributed by atoms with Crippen LogP contribution >= 0.6 is 0 Å². The van der Waals surface area contributed by atoms with Crippen molar-refractivity contribution in [2.45, 2.75) is 19.5 Å². The highest BCUT2D eigenvalue weighted by molar-refractivity contribution is 5.73. The van der Waals surface area contributed by atoms with Crippen molar-refractivity contribution in [2.24, 2.45) is 0 Å². The van der Waals surface area contributed by atoms with E-state index in [1.54, 1.807) is 18.2 Å². The molecule has 0 bridgehead atoms. The number of urea groups is 1. The fourth-order valence-electron chi connectivity index (χ4n) is 2.96. The minimum atomic E-state index is -0.141. The van der Waals surface area contributed by atoms with Crippen molar-refractivity contribution in [3.8, 4) is 0 Å². The van der Waals surface area contributed by atoms with E-state index in [0.717, 1.165) is 30.4 Å². The van der Waals surface area contributed by atoms with Crippen LogP contribution in [0.5, 0.6) is 0 Å². The SMILES string of the molecule is Cc1ccc([C@H](CNC(=O)N(C)Cc2ccco2)N2CCOCC2)o1. The molecule has 0 aromatic carbocycles. The minimum Gasteiger partial charge on any atom is -0.467 e. The van der Waals surface area contributed by atoms with Crippen LogP contribution in [0.4, 0.5) is 4.79 Å². The van der Waals surface area contributed by atoms with Gasteiger partial charge >= 0.3 is 6.03 Å². The topological polar surface area (TPSA) is 71.1 Å². The fourth-order valence-corrected chi connectivity index (χ4v) is 2.96. The third-order valence-electron chi connectivity index (χ3n) is 4.34. The molecule has 0 spiro atoms. The van der Waals surface area contributed by atoms with Crippen molar-refractivity contribution in [3.05, 3.63) is 47.8 Å². The van der Waals surface area contributed by atoms with Gasteiger partial charge in [0.1, 0.15) is 17.3 Å². The average molecular weight is 347 g/mol. The van der Waals surface area contributed by atoms with Crippen LogP contribution < -0.4 is 5.32 Å². The maximum Gasteiger partial charge on any atom is 0.317 e. The number of aryl methyl sites for hydroxylation is 1.